The van der Waals surface area contributed by atoms with Crippen molar-refractivity contribution in [2.24, 2.45) is 0 Å². The zero-order valence-corrected chi connectivity index (χ0v) is 15.4. The third kappa shape index (κ3) is 4.85. The number of hydrogen-bond acceptors (Lipinski definition) is 7. The van der Waals surface area contributed by atoms with Gasteiger partial charge in [0.2, 0.25) is 9.47 Å². The second-order valence-electron chi connectivity index (χ2n) is 4.34. The molecule has 2 aromatic rings. The summed E-state index contributed by atoms with van der Waals surface area (Å²) < 4.78 is 30.7. The molecule has 1 aromatic heterocycles. The average molecular weight is 411 g/mol. The van der Waals surface area contributed by atoms with E-state index >= 15 is 0 Å². The highest BCUT2D eigenvalue weighted by molar-refractivity contribution is 7.91. The van der Waals surface area contributed by atoms with Gasteiger partial charge in [-0.1, -0.05) is 34.5 Å². The number of aromatic nitrogens is 2. The van der Waals surface area contributed by atoms with Crippen LogP contribution in [0.1, 0.15) is 10.4 Å². The smallest absolute Gasteiger partial charge is 0.269 e. The van der Waals surface area contributed by atoms with E-state index in [0.717, 1.165) is 0 Å². The van der Waals surface area contributed by atoms with Crippen molar-refractivity contribution in [1.29, 1.82) is 0 Å². The third-order valence-corrected chi connectivity index (χ3v) is 5.85. The lowest BCUT2D eigenvalue weighted by Gasteiger charge is -2.04. The number of hydrogen-bond donors (Lipinski definition) is 2. The number of nitrogens with zero attached hydrogens (tertiary/aromatic N) is 2. The van der Waals surface area contributed by atoms with E-state index in [1.54, 1.807) is 0 Å². The number of ether oxygens (including phenoxy) is 1. The zero-order valence-electron chi connectivity index (χ0n) is 12.2. The molecule has 1 aromatic carbocycles. The molecule has 0 saturated heterocycles. The van der Waals surface area contributed by atoms with Crippen molar-refractivity contribution < 1.29 is 17.9 Å². The van der Waals surface area contributed by atoms with E-state index in [9.17, 15) is 13.2 Å². The first-order valence-corrected chi connectivity index (χ1v) is 9.47. The van der Waals surface area contributed by atoms with Crippen LogP contribution >= 0.6 is 34.5 Å². The molecule has 0 saturated carbocycles. The van der Waals surface area contributed by atoms with E-state index in [2.05, 4.69) is 20.2 Å². The summed E-state index contributed by atoms with van der Waals surface area (Å²) in [6, 6.07) is 4.39. The molecule has 0 aliphatic heterocycles. The molecule has 0 fully saturated rings. The van der Waals surface area contributed by atoms with Crippen LogP contribution in [0.25, 0.3) is 0 Å². The molecule has 0 unspecified atom stereocenters. The van der Waals surface area contributed by atoms with Gasteiger partial charge >= 0.3 is 0 Å². The number of methoxy groups -OCH3 is 1. The summed E-state index contributed by atoms with van der Waals surface area (Å²) >= 11 is 12.4. The lowest BCUT2D eigenvalue weighted by molar-refractivity contribution is 0.102. The van der Waals surface area contributed by atoms with Gasteiger partial charge in [0.05, 0.1) is 17.2 Å². The highest BCUT2D eigenvalue weighted by atomic mass is 35.5. The number of sulfonamides is 1. The molecule has 1 amide bonds. The molecule has 0 aliphatic rings. The number of amides is 1. The number of carbonyl (C=O) groups is 1. The van der Waals surface area contributed by atoms with Crippen molar-refractivity contribution in [1.82, 2.24) is 14.9 Å². The highest BCUT2D eigenvalue weighted by Crippen LogP contribution is 2.24. The predicted octanol–water partition coefficient (Wildman–Crippen LogP) is 2.02. The van der Waals surface area contributed by atoms with E-state index in [4.69, 9.17) is 27.9 Å². The molecule has 0 aliphatic carbocycles. The summed E-state index contributed by atoms with van der Waals surface area (Å²) in [6.45, 7) is 0.317. The van der Waals surface area contributed by atoms with Gasteiger partial charge in [-0.3, -0.25) is 10.1 Å². The minimum absolute atomic E-state index is 0.0260. The van der Waals surface area contributed by atoms with Crippen molar-refractivity contribution in [3.05, 3.63) is 33.8 Å². The SMILES string of the molecule is COCCNS(=O)(=O)c1nnc(NC(=O)c2ccc(Cl)cc2Cl)s1. The van der Waals surface area contributed by atoms with Gasteiger partial charge in [-0.05, 0) is 18.2 Å². The molecule has 8 nitrogen and oxygen atoms in total. The maximum absolute atomic E-state index is 12.1. The lowest BCUT2D eigenvalue weighted by atomic mass is 10.2. The third-order valence-electron chi connectivity index (χ3n) is 2.63. The van der Waals surface area contributed by atoms with E-state index in [1.165, 1.54) is 25.3 Å². The number of anilines is 1. The number of carbonyl (C=O) groups excluding carboxylic acids is 1. The standard InChI is InChI=1S/C12H12Cl2N4O4S2/c1-22-5-4-15-24(20,21)12-18-17-11(23-12)16-10(19)8-3-2-7(13)6-9(8)14/h2-3,6,15H,4-5H2,1H3,(H,16,17,19). The monoisotopic (exact) mass is 410 g/mol. The predicted molar refractivity (Wildman–Crippen MR) is 91.4 cm³/mol. The van der Waals surface area contributed by atoms with Crippen LogP contribution in [0.2, 0.25) is 10.0 Å². The Morgan fingerprint density at radius 3 is 2.75 bits per heavy atom. The first-order valence-electron chi connectivity index (χ1n) is 6.42. The van der Waals surface area contributed by atoms with Gasteiger partial charge in [0.15, 0.2) is 0 Å². The fourth-order valence-electron chi connectivity index (χ4n) is 1.55. The average Bonchev–Trinajstić information content (AvgIpc) is 2.96. The molecule has 0 bridgehead atoms. The Labute approximate surface area is 152 Å². The van der Waals surface area contributed by atoms with E-state index < -0.39 is 15.9 Å². The molecule has 0 radical (unpaired) electrons. The number of halogens is 2. The fraction of sp³-hybridized carbons (Fsp3) is 0.250. The fourth-order valence-corrected chi connectivity index (χ4v) is 3.99. The van der Waals surface area contributed by atoms with Crippen LogP contribution < -0.4 is 10.0 Å². The molecule has 0 spiro atoms. The van der Waals surface area contributed by atoms with Gasteiger partial charge in [0.1, 0.15) is 0 Å². The maximum Gasteiger partial charge on any atom is 0.269 e. The Kier molecular flexibility index (Phi) is 6.49. The quantitative estimate of drug-likeness (QED) is 0.533. The minimum atomic E-state index is -3.81. The highest BCUT2D eigenvalue weighted by Gasteiger charge is 2.21. The van der Waals surface area contributed by atoms with Gasteiger partial charge in [-0.2, -0.15) is 0 Å². The molecule has 24 heavy (non-hydrogen) atoms. The lowest BCUT2D eigenvalue weighted by Crippen LogP contribution is -2.27. The summed E-state index contributed by atoms with van der Waals surface area (Å²) in [4.78, 5) is 12.1. The van der Waals surface area contributed by atoms with E-state index in [0.29, 0.717) is 16.4 Å². The van der Waals surface area contributed by atoms with E-state index in [1.807, 2.05) is 0 Å². The summed E-state index contributed by atoms with van der Waals surface area (Å²) in [6.07, 6.45) is 0. The van der Waals surface area contributed by atoms with Gasteiger partial charge in [-0.15, -0.1) is 10.2 Å². The van der Waals surface area contributed by atoms with Crippen LogP contribution in [0, 0.1) is 0 Å². The molecule has 130 valence electrons. The Balaban J connectivity index is 2.09. The molecule has 0 atom stereocenters. The summed E-state index contributed by atoms with van der Waals surface area (Å²) in [7, 11) is -2.35. The van der Waals surface area contributed by atoms with Crippen LogP contribution in [0.5, 0.6) is 0 Å². The second kappa shape index (κ2) is 8.19. The van der Waals surface area contributed by atoms with Crippen LogP contribution in [-0.2, 0) is 14.8 Å². The van der Waals surface area contributed by atoms with Crippen molar-refractivity contribution >= 4 is 55.6 Å². The van der Waals surface area contributed by atoms with Crippen molar-refractivity contribution in [2.75, 3.05) is 25.6 Å². The Bertz CT molecular complexity index is 841. The molecule has 2 rings (SSSR count). The van der Waals surface area contributed by atoms with E-state index in [-0.39, 0.29) is 33.2 Å². The summed E-state index contributed by atoms with van der Waals surface area (Å²) in [5, 5.41) is 10.2. The Morgan fingerprint density at radius 1 is 1.33 bits per heavy atom. The normalized spacial score (nSPS) is 11.5. The number of benzene rings is 1. The summed E-state index contributed by atoms with van der Waals surface area (Å²) in [5.74, 6) is -0.552. The molecule has 12 heteroatoms. The molecule has 2 N–H and O–H groups in total. The first kappa shape index (κ1) is 19.0. The number of nitrogens with one attached hydrogen (secondary N) is 2. The van der Waals surface area contributed by atoms with Crippen molar-refractivity contribution in [2.45, 2.75) is 4.34 Å². The van der Waals surface area contributed by atoms with Gasteiger partial charge in [-0.25, -0.2) is 13.1 Å². The molecular weight excluding hydrogens is 399 g/mol. The van der Waals surface area contributed by atoms with Crippen LogP contribution in [0.3, 0.4) is 0 Å². The van der Waals surface area contributed by atoms with Gasteiger partial charge in [0.25, 0.3) is 15.9 Å². The maximum atomic E-state index is 12.1. The van der Waals surface area contributed by atoms with Crippen molar-refractivity contribution in [3.63, 3.8) is 0 Å². The van der Waals surface area contributed by atoms with Crippen LogP contribution in [0.4, 0.5) is 5.13 Å². The van der Waals surface area contributed by atoms with Crippen LogP contribution in [0.15, 0.2) is 22.5 Å². The minimum Gasteiger partial charge on any atom is -0.383 e. The van der Waals surface area contributed by atoms with Crippen LogP contribution in [-0.4, -0.2) is 44.8 Å². The second-order valence-corrected chi connectivity index (χ2v) is 8.10. The largest absolute Gasteiger partial charge is 0.383 e. The molecular formula is C12H12Cl2N4O4S2. The molecule has 1 heterocycles. The topological polar surface area (TPSA) is 110 Å². The zero-order chi connectivity index (χ0) is 17.7. The van der Waals surface area contributed by atoms with Gasteiger partial charge < -0.3 is 4.74 Å². The summed E-state index contributed by atoms with van der Waals surface area (Å²) in [5.41, 5.74) is 0.180. The van der Waals surface area contributed by atoms with Crippen molar-refractivity contribution in [3.8, 4) is 0 Å². The van der Waals surface area contributed by atoms with Gasteiger partial charge in [0, 0.05) is 18.7 Å². The number of rotatable bonds is 7. The Hall–Kier alpha value is -1.30. The first-order chi connectivity index (χ1) is 11.3. The Morgan fingerprint density at radius 2 is 2.08 bits per heavy atom.